The standard InChI is InChI=1S/C27H32AsN4O2S/c1-3-27(34,20-8-6-18(7-9-20)25(29)33)26-31-15-22(35-26)21-12-16(2)13-24(32-21)28-23-14-19(10-11-30-23)17-4-5-17/h10-15,17-18,20,34H,3-9H2,1-2H3,(H2,29,33). The van der Waals surface area contributed by atoms with Gasteiger partial charge in [-0.15, -0.1) is 0 Å². The fraction of sp³-hybridized carbons (Fsp3) is 0.481. The molecule has 2 aliphatic rings. The van der Waals surface area contributed by atoms with Gasteiger partial charge in [-0.25, -0.2) is 0 Å². The van der Waals surface area contributed by atoms with Crippen LogP contribution in [0.3, 0.4) is 0 Å². The SMILES string of the molecule is CCC(O)(c1ncc(-c2cc(C)cc([As]c3cc(C4CC4)ccn3)n2)s1)C1CCC(C(N)=O)CC1. The Balaban J connectivity index is 1.36. The number of rotatable bonds is 8. The van der Waals surface area contributed by atoms with E-state index >= 15 is 0 Å². The number of carbonyl (C=O) groups excluding carboxylic acids is 1. The van der Waals surface area contributed by atoms with Crippen molar-refractivity contribution in [1.29, 1.82) is 0 Å². The first-order valence-corrected chi connectivity index (χ1v) is 15.2. The molecule has 3 heterocycles. The molecule has 183 valence electrons. The van der Waals surface area contributed by atoms with Crippen LogP contribution in [0.1, 0.15) is 73.9 Å². The average Bonchev–Trinajstić information content (AvgIpc) is 3.59. The number of aryl methyl sites for hydroxylation is 1. The zero-order valence-electron chi connectivity index (χ0n) is 20.3. The summed E-state index contributed by atoms with van der Waals surface area (Å²) < 4.78 is 2.23. The van der Waals surface area contributed by atoms with Gasteiger partial charge < -0.3 is 5.73 Å². The summed E-state index contributed by atoms with van der Waals surface area (Å²) in [7, 11) is 0. The Morgan fingerprint density at radius 3 is 2.60 bits per heavy atom. The van der Waals surface area contributed by atoms with E-state index in [2.05, 4.69) is 41.2 Å². The van der Waals surface area contributed by atoms with Gasteiger partial charge >= 0.3 is 208 Å². The van der Waals surface area contributed by atoms with Crippen LogP contribution in [-0.2, 0) is 10.4 Å². The minimum atomic E-state index is -0.989. The van der Waals surface area contributed by atoms with Crippen LogP contribution >= 0.6 is 11.3 Å². The summed E-state index contributed by atoms with van der Waals surface area (Å²) in [6, 6.07) is 8.67. The molecule has 3 aromatic heterocycles. The first-order valence-electron chi connectivity index (χ1n) is 12.5. The summed E-state index contributed by atoms with van der Waals surface area (Å²) in [5.41, 5.74) is 8.01. The van der Waals surface area contributed by atoms with Crippen molar-refractivity contribution in [2.75, 3.05) is 0 Å². The van der Waals surface area contributed by atoms with Gasteiger partial charge in [0.2, 0.25) is 0 Å². The normalized spacial score (nSPS) is 22.4. The van der Waals surface area contributed by atoms with Gasteiger partial charge in [0.05, 0.1) is 0 Å². The van der Waals surface area contributed by atoms with E-state index in [1.54, 1.807) is 0 Å². The van der Waals surface area contributed by atoms with E-state index in [4.69, 9.17) is 10.7 Å². The second-order valence-electron chi connectivity index (χ2n) is 9.98. The number of hydrogen-bond donors (Lipinski definition) is 2. The summed E-state index contributed by atoms with van der Waals surface area (Å²) in [5, 5.41) is 12.4. The van der Waals surface area contributed by atoms with Crippen LogP contribution in [-0.4, -0.2) is 41.7 Å². The Kier molecular flexibility index (Phi) is 7.11. The van der Waals surface area contributed by atoms with Crippen LogP contribution in [0.25, 0.3) is 10.6 Å². The number of pyridine rings is 2. The molecule has 3 aromatic rings. The fourth-order valence-corrected chi connectivity index (χ4v) is 8.39. The predicted molar refractivity (Wildman–Crippen MR) is 140 cm³/mol. The molecule has 0 aromatic carbocycles. The van der Waals surface area contributed by atoms with Gasteiger partial charge in [0, 0.05) is 0 Å². The van der Waals surface area contributed by atoms with Crippen LogP contribution in [0.2, 0.25) is 0 Å². The van der Waals surface area contributed by atoms with Gasteiger partial charge in [0.25, 0.3) is 0 Å². The molecule has 0 aliphatic heterocycles. The molecule has 0 bridgehead atoms. The van der Waals surface area contributed by atoms with Crippen LogP contribution in [0.15, 0.2) is 36.7 Å². The van der Waals surface area contributed by atoms with Crippen molar-refractivity contribution in [3.63, 3.8) is 0 Å². The Labute approximate surface area is 217 Å². The summed E-state index contributed by atoms with van der Waals surface area (Å²) in [6.07, 6.45) is 10.0. The fourth-order valence-electron chi connectivity index (χ4n) is 5.18. The molecule has 2 saturated carbocycles. The number of thiazole rings is 1. The van der Waals surface area contributed by atoms with Crippen molar-refractivity contribution in [2.45, 2.75) is 70.3 Å². The third-order valence-electron chi connectivity index (χ3n) is 7.48. The second kappa shape index (κ2) is 10.1. The molecular weight excluding hydrogens is 519 g/mol. The van der Waals surface area contributed by atoms with Gasteiger partial charge in [0.1, 0.15) is 0 Å². The molecule has 0 spiro atoms. The minimum absolute atomic E-state index is 0.0728. The number of carbonyl (C=O) groups is 1. The van der Waals surface area contributed by atoms with Crippen LogP contribution in [0, 0.1) is 18.8 Å². The third kappa shape index (κ3) is 5.37. The summed E-state index contributed by atoms with van der Waals surface area (Å²) in [5.74, 6) is 0.505. The van der Waals surface area contributed by atoms with E-state index in [1.165, 1.54) is 35.3 Å². The number of aliphatic hydroxyl groups is 1. The van der Waals surface area contributed by atoms with E-state index in [-0.39, 0.29) is 33.5 Å². The molecule has 6 nitrogen and oxygen atoms in total. The third-order valence-corrected chi connectivity index (χ3v) is 10.6. The predicted octanol–water partition coefficient (Wildman–Crippen LogP) is 3.33. The Morgan fingerprint density at radius 2 is 1.91 bits per heavy atom. The van der Waals surface area contributed by atoms with Crippen molar-refractivity contribution >= 4 is 42.0 Å². The average molecular weight is 552 g/mol. The zero-order valence-corrected chi connectivity index (χ0v) is 23.0. The van der Waals surface area contributed by atoms with Crippen LogP contribution in [0.5, 0.6) is 0 Å². The number of amides is 1. The van der Waals surface area contributed by atoms with Gasteiger partial charge in [-0.3, -0.25) is 4.79 Å². The molecule has 1 radical (unpaired) electrons. The molecule has 1 atom stereocenters. The number of hydrogen-bond acceptors (Lipinski definition) is 6. The van der Waals surface area contributed by atoms with E-state index in [0.717, 1.165) is 56.1 Å². The van der Waals surface area contributed by atoms with Crippen molar-refractivity contribution in [3.8, 4) is 10.6 Å². The quantitative estimate of drug-likeness (QED) is 0.419. The Morgan fingerprint density at radius 1 is 1.14 bits per heavy atom. The number of nitrogens with zero attached hydrogens (tertiary/aromatic N) is 3. The van der Waals surface area contributed by atoms with E-state index in [1.807, 2.05) is 19.3 Å². The molecule has 0 saturated heterocycles. The Hall–Kier alpha value is -2.08. The summed E-state index contributed by atoms with van der Waals surface area (Å²) in [4.78, 5) is 26.8. The molecule has 5 rings (SSSR count). The van der Waals surface area contributed by atoms with Crippen molar-refractivity contribution in [3.05, 3.63) is 52.8 Å². The molecule has 35 heavy (non-hydrogen) atoms. The first kappa shape index (κ1) is 24.6. The van der Waals surface area contributed by atoms with Gasteiger partial charge in [-0.05, 0) is 0 Å². The van der Waals surface area contributed by atoms with Crippen molar-refractivity contribution in [1.82, 2.24) is 15.0 Å². The van der Waals surface area contributed by atoms with E-state index in [0.29, 0.717) is 6.42 Å². The maximum atomic E-state index is 11.7. The van der Waals surface area contributed by atoms with E-state index in [9.17, 15) is 9.90 Å². The molecule has 2 aliphatic carbocycles. The molecular formula is C27H32AsN4O2S. The van der Waals surface area contributed by atoms with Gasteiger partial charge in [0.15, 0.2) is 0 Å². The number of nitrogens with two attached hydrogens (primary N) is 1. The zero-order chi connectivity index (χ0) is 24.6. The topological polar surface area (TPSA) is 102 Å². The molecule has 8 heteroatoms. The molecule has 3 N–H and O–H groups in total. The molecule has 1 amide bonds. The van der Waals surface area contributed by atoms with Gasteiger partial charge in [-0.2, -0.15) is 0 Å². The van der Waals surface area contributed by atoms with Crippen molar-refractivity contribution < 1.29 is 9.90 Å². The second-order valence-corrected chi connectivity index (χ2v) is 13.4. The van der Waals surface area contributed by atoms with Crippen molar-refractivity contribution in [2.24, 2.45) is 17.6 Å². The van der Waals surface area contributed by atoms with E-state index < -0.39 is 5.60 Å². The number of primary amides is 1. The molecule has 1 unspecified atom stereocenters. The van der Waals surface area contributed by atoms with Gasteiger partial charge in [-0.1, -0.05) is 0 Å². The number of aromatic nitrogens is 3. The van der Waals surface area contributed by atoms with Crippen LogP contribution in [0.4, 0.5) is 0 Å². The maximum absolute atomic E-state index is 11.7. The Bertz CT molecular complexity index is 1220. The summed E-state index contributed by atoms with van der Waals surface area (Å²) in [6.45, 7) is 4.11. The first-order chi connectivity index (χ1) is 16.9. The van der Waals surface area contributed by atoms with Crippen LogP contribution < -0.4 is 14.7 Å². The molecule has 2 fully saturated rings. The monoisotopic (exact) mass is 551 g/mol. The summed E-state index contributed by atoms with van der Waals surface area (Å²) >= 11 is 1.23.